The molecular weight excluding hydrogens is 344 g/mol. The van der Waals surface area contributed by atoms with Crippen molar-refractivity contribution in [1.29, 1.82) is 0 Å². The number of anilines is 1. The van der Waals surface area contributed by atoms with E-state index < -0.39 is 0 Å². The lowest BCUT2D eigenvalue weighted by atomic mass is 10.1. The first-order chi connectivity index (χ1) is 13.2. The van der Waals surface area contributed by atoms with E-state index in [1.54, 1.807) is 22.2 Å². The summed E-state index contributed by atoms with van der Waals surface area (Å²) in [4.78, 5) is 32.2. The highest BCUT2D eigenvalue weighted by atomic mass is 16.5. The Kier molecular flexibility index (Phi) is 6.38. The second-order valence-corrected chi connectivity index (χ2v) is 6.41. The quantitative estimate of drug-likeness (QED) is 0.900. The molecule has 0 atom stereocenters. The highest BCUT2D eigenvalue weighted by Gasteiger charge is 2.22. The molecular formula is C20H24N4O3. The summed E-state index contributed by atoms with van der Waals surface area (Å²) in [6.07, 6.45) is 4.27. The molecule has 1 fully saturated rings. The van der Waals surface area contributed by atoms with E-state index in [1.807, 2.05) is 36.4 Å². The van der Waals surface area contributed by atoms with Crippen molar-refractivity contribution in [1.82, 2.24) is 14.8 Å². The fourth-order valence-corrected chi connectivity index (χ4v) is 3.10. The number of pyridine rings is 1. The van der Waals surface area contributed by atoms with E-state index in [1.165, 1.54) is 7.11 Å². The van der Waals surface area contributed by atoms with E-state index >= 15 is 0 Å². The first kappa shape index (κ1) is 18.8. The molecule has 142 valence electrons. The van der Waals surface area contributed by atoms with Crippen LogP contribution in [0.5, 0.6) is 0 Å². The van der Waals surface area contributed by atoms with Gasteiger partial charge < -0.3 is 19.9 Å². The van der Waals surface area contributed by atoms with Gasteiger partial charge in [0, 0.05) is 56.9 Å². The molecule has 1 aliphatic heterocycles. The van der Waals surface area contributed by atoms with E-state index in [0.29, 0.717) is 26.2 Å². The maximum absolute atomic E-state index is 12.6. The average molecular weight is 368 g/mol. The lowest BCUT2D eigenvalue weighted by molar-refractivity contribution is -0.134. The van der Waals surface area contributed by atoms with E-state index in [2.05, 4.69) is 10.3 Å². The molecule has 1 N–H and O–H groups in total. The highest BCUT2D eigenvalue weighted by Crippen LogP contribution is 2.22. The Hall–Kier alpha value is -2.93. The smallest absolute Gasteiger partial charge is 0.321 e. The minimum absolute atomic E-state index is 0.0380. The zero-order chi connectivity index (χ0) is 19.1. The number of nitrogens with zero attached hydrogens (tertiary/aromatic N) is 3. The number of benzene rings is 1. The third-order valence-electron chi connectivity index (χ3n) is 4.51. The van der Waals surface area contributed by atoms with Crippen LogP contribution >= 0.6 is 0 Å². The van der Waals surface area contributed by atoms with Gasteiger partial charge in [0.15, 0.2) is 0 Å². The normalized spacial score (nSPS) is 14.6. The van der Waals surface area contributed by atoms with Crippen molar-refractivity contribution in [2.24, 2.45) is 0 Å². The number of carbonyl (C=O) groups is 2. The molecule has 0 bridgehead atoms. The van der Waals surface area contributed by atoms with Crippen LogP contribution in [0.25, 0.3) is 11.1 Å². The van der Waals surface area contributed by atoms with Gasteiger partial charge in [0.05, 0.1) is 0 Å². The molecule has 3 amide bonds. The number of ether oxygens (including phenoxy) is 1. The van der Waals surface area contributed by atoms with Crippen molar-refractivity contribution in [3.63, 3.8) is 0 Å². The number of rotatable bonds is 4. The number of hydrogen-bond acceptors (Lipinski definition) is 4. The molecule has 0 spiro atoms. The molecule has 27 heavy (non-hydrogen) atoms. The molecule has 1 aromatic heterocycles. The van der Waals surface area contributed by atoms with E-state index in [9.17, 15) is 9.59 Å². The van der Waals surface area contributed by atoms with Crippen LogP contribution in [-0.4, -0.2) is 66.6 Å². The summed E-state index contributed by atoms with van der Waals surface area (Å²) in [7, 11) is 1.51. The summed E-state index contributed by atoms with van der Waals surface area (Å²) >= 11 is 0. The van der Waals surface area contributed by atoms with E-state index in [0.717, 1.165) is 23.2 Å². The van der Waals surface area contributed by atoms with Crippen LogP contribution in [0.15, 0.2) is 48.8 Å². The molecule has 1 saturated heterocycles. The largest absolute Gasteiger partial charge is 0.375 e. The third-order valence-corrected chi connectivity index (χ3v) is 4.51. The van der Waals surface area contributed by atoms with Crippen molar-refractivity contribution in [3.05, 3.63) is 48.8 Å². The zero-order valence-corrected chi connectivity index (χ0v) is 15.4. The highest BCUT2D eigenvalue weighted by molar-refractivity contribution is 5.90. The Morgan fingerprint density at radius 3 is 2.63 bits per heavy atom. The van der Waals surface area contributed by atoms with Crippen molar-refractivity contribution in [2.75, 3.05) is 45.2 Å². The predicted molar refractivity (Wildman–Crippen MR) is 103 cm³/mol. The Morgan fingerprint density at radius 2 is 1.85 bits per heavy atom. The third kappa shape index (κ3) is 5.04. The molecule has 1 aromatic carbocycles. The van der Waals surface area contributed by atoms with Crippen LogP contribution in [0.2, 0.25) is 0 Å². The molecule has 0 radical (unpaired) electrons. The average Bonchev–Trinajstić information content (AvgIpc) is 2.95. The number of nitrogens with one attached hydrogen (secondary N) is 1. The molecule has 7 heteroatoms. The van der Waals surface area contributed by atoms with E-state index in [-0.39, 0.29) is 18.5 Å². The minimum Gasteiger partial charge on any atom is -0.375 e. The maximum atomic E-state index is 12.6. The van der Waals surface area contributed by atoms with Gasteiger partial charge >= 0.3 is 6.03 Å². The summed E-state index contributed by atoms with van der Waals surface area (Å²) in [5, 5.41) is 2.96. The number of hydrogen-bond donors (Lipinski definition) is 1. The second kappa shape index (κ2) is 9.14. The summed E-state index contributed by atoms with van der Waals surface area (Å²) in [5.41, 5.74) is 2.72. The topological polar surface area (TPSA) is 74.8 Å². The first-order valence-corrected chi connectivity index (χ1v) is 9.00. The molecule has 0 unspecified atom stereocenters. The lowest BCUT2D eigenvalue weighted by Crippen LogP contribution is -2.40. The van der Waals surface area contributed by atoms with Crippen LogP contribution in [0.4, 0.5) is 10.5 Å². The number of urea groups is 1. The fraction of sp³-hybridized carbons (Fsp3) is 0.350. The molecule has 7 nitrogen and oxygen atoms in total. The van der Waals surface area contributed by atoms with Gasteiger partial charge in [0.1, 0.15) is 6.61 Å². The van der Waals surface area contributed by atoms with Crippen LogP contribution in [0.1, 0.15) is 6.42 Å². The van der Waals surface area contributed by atoms with Gasteiger partial charge in [-0.3, -0.25) is 9.78 Å². The van der Waals surface area contributed by atoms with Crippen molar-refractivity contribution >= 4 is 17.6 Å². The predicted octanol–water partition coefficient (Wildman–Crippen LogP) is 2.46. The van der Waals surface area contributed by atoms with Gasteiger partial charge in [-0.2, -0.15) is 0 Å². The van der Waals surface area contributed by atoms with Gasteiger partial charge in [0.25, 0.3) is 0 Å². The van der Waals surface area contributed by atoms with Crippen LogP contribution in [0.3, 0.4) is 0 Å². The van der Waals surface area contributed by atoms with Crippen LogP contribution in [-0.2, 0) is 9.53 Å². The van der Waals surface area contributed by atoms with Crippen molar-refractivity contribution in [3.8, 4) is 11.1 Å². The van der Waals surface area contributed by atoms with Gasteiger partial charge in [-0.15, -0.1) is 0 Å². The minimum atomic E-state index is -0.153. The number of aromatic nitrogens is 1. The summed E-state index contributed by atoms with van der Waals surface area (Å²) < 4.78 is 4.91. The first-order valence-electron chi connectivity index (χ1n) is 9.00. The fourth-order valence-electron chi connectivity index (χ4n) is 3.10. The number of amides is 3. The van der Waals surface area contributed by atoms with E-state index in [4.69, 9.17) is 4.74 Å². The Labute approximate surface area is 158 Å². The summed E-state index contributed by atoms with van der Waals surface area (Å²) in [6, 6.07) is 11.4. The molecule has 3 rings (SSSR count). The Balaban J connectivity index is 1.61. The molecule has 2 heterocycles. The standard InChI is InChI=1S/C20H24N4O3/c1-27-15-19(25)23-9-4-10-24(12-11-23)20(26)22-18-7-2-5-16(13-18)17-6-3-8-21-14-17/h2-3,5-8,13-14H,4,9-12,15H2,1H3,(H,22,26). The van der Waals surface area contributed by atoms with Crippen molar-refractivity contribution in [2.45, 2.75) is 6.42 Å². The molecule has 0 saturated carbocycles. The molecule has 0 aliphatic carbocycles. The van der Waals surface area contributed by atoms with Gasteiger partial charge in [0.2, 0.25) is 5.91 Å². The van der Waals surface area contributed by atoms with Gasteiger partial charge in [-0.1, -0.05) is 18.2 Å². The lowest BCUT2D eigenvalue weighted by Gasteiger charge is -2.22. The van der Waals surface area contributed by atoms with Crippen molar-refractivity contribution < 1.29 is 14.3 Å². The zero-order valence-electron chi connectivity index (χ0n) is 15.4. The van der Waals surface area contributed by atoms with Gasteiger partial charge in [-0.25, -0.2) is 4.79 Å². The molecule has 2 aromatic rings. The Bertz CT molecular complexity index is 782. The Morgan fingerprint density at radius 1 is 1.07 bits per heavy atom. The maximum Gasteiger partial charge on any atom is 0.321 e. The number of carbonyl (C=O) groups excluding carboxylic acids is 2. The van der Waals surface area contributed by atoms with Crippen LogP contribution < -0.4 is 5.32 Å². The monoisotopic (exact) mass is 368 g/mol. The second-order valence-electron chi connectivity index (χ2n) is 6.41. The van der Waals surface area contributed by atoms with Crippen LogP contribution in [0, 0.1) is 0 Å². The summed E-state index contributed by atoms with van der Waals surface area (Å²) in [5.74, 6) is -0.0380. The SMILES string of the molecule is COCC(=O)N1CCCN(C(=O)Nc2cccc(-c3cccnc3)c2)CC1. The number of methoxy groups -OCH3 is 1. The molecule has 1 aliphatic rings. The summed E-state index contributed by atoms with van der Waals surface area (Å²) in [6.45, 7) is 2.36. The van der Waals surface area contributed by atoms with Gasteiger partial charge in [-0.05, 0) is 30.2 Å².